The summed E-state index contributed by atoms with van der Waals surface area (Å²) >= 11 is 1.51. The van der Waals surface area contributed by atoms with Gasteiger partial charge in [0.05, 0.1) is 17.0 Å². The zero-order chi connectivity index (χ0) is 15.6. The Labute approximate surface area is 124 Å². The van der Waals surface area contributed by atoms with Crippen LogP contribution in [0.2, 0.25) is 0 Å². The van der Waals surface area contributed by atoms with Gasteiger partial charge in [0.15, 0.2) is 0 Å². The highest BCUT2D eigenvalue weighted by atomic mass is 32.1. The number of benzene rings is 1. The van der Waals surface area contributed by atoms with E-state index in [1.807, 2.05) is 6.92 Å². The van der Waals surface area contributed by atoms with Crippen molar-refractivity contribution in [3.05, 3.63) is 49.5 Å². The molecule has 0 aliphatic heterocycles. The van der Waals surface area contributed by atoms with Gasteiger partial charge in [-0.05, 0) is 19.9 Å². The molecular weight excluding hydrogens is 294 g/mol. The van der Waals surface area contributed by atoms with Crippen LogP contribution in [-0.4, -0.2) is 21.0 Å². The third kappa shape index (κ3) is 3.34. The normalized spacial score (nSPS) is 10.4. The second kappa shape index (κ2) is 5.88. The maximum absolute atomic E-state index is 11.1. The van der Waals surface area contributed by atoms with Crippen molar-refractivity contribution < 1.29 is 14.8 Å². The number of carboxylic acids is 1. The van der Waals surface area contributed by atoms with Crippen molar-refractivity contribution in [3.8, 4) is 0 Å². The van der Waals surface area contributed by atoms with Gasteiger partial charge in [0, 0.05) is 28.4 Å². The van der Waals surface area contributed by atoms with Crippen LogP contribution in [0.1, 0.15) is 25.8 Å². The summed E-state index contributed by atoms with van der Waals surface area (Å²) in [5.74, 6) is -1.20. The quantitative estimate of drug-likeness (QED) is 0.650. The average molecular weight is 307 g/mol. The highest BCUT2D eigenvalue weighted by molar-refractivity contribution is 7.11. The first-order valence-electron chi connectivity index (χ1n) is 6.06. The molecule has 1 heterocycles. The lowest BCUT2D eigenvalue weighted by molar-refractivity contribution is -0.385. The van der Waals surface area contributed by atoms with E-state index in [0.717, 1.165) is 16.0 Å². The van der Waals surface area contributed by atoms with Crippen LogP contribution in [0.15, 0.2) is 18.3 Å². The average Bonchev–Trinajstić information content (AvgIpc) is 2.82. The molecule has 0 radical (unpaired) electrons. The molecule has 0 fully saturated rings. The van der Waals surface area contributed by atoms with Gasteiger partial charge in [-0.25, -0.2) is 9.78 Å². The fraction of sp³-hybridized carbons (Fsp3) is 0.231. The van der Waals surface area contributed by atoms with Crippen molar-refractivity contribution in [1.82, 2.24) is 4.98 Å². The zero-order valence-corrected chi connectivity index (χ0v) is 12.2. The highest BCUT2D eigenvalue weighted by Crippen LogP contribution is 2.28. The van der Waals surface area contributed by atoms with Gasteiger partial charge in [-0.2, -0.15) is 0 Å². The summed E-state index contributed by atoms with van der Waals surface area (Å²) in [4.78, 5) is 26.7. The van der Waals surface area contributed by atoms with Gasteiger partial charge in [0.2, 0.25) is 0 Å². The Kier molecular flexibility index (Phi) is 4.18. The number of carboxylic acid groups (broad SMARTS) is 1. The molecule has 2 aromatic rings. The summed E-state index contributed by atoms with van der Waals surface area (Å²) in [6.07, 6.45) is 1.74. The van der Waals surface area contributed by atoms with E-state index >= 15 is 0 Å². The van der Waals surface area contributed by atoms with Crippen LogP contribution in [0.25, 0.3) is 0 Å². The number of nitrogens with one attached hydrogen (secondary N) is 1. The number of aromatic carboxylic acids is 1. The van der Waals surface area contributed by atoms with E-state index in [1.54, 1.807) is 13.1 Å². The van der Waals surface area contributed by atoms with Crippen molar-refractivity contribution in [2.24, 2.45) is 0 Å². The molecule has 0 aliphatic rings. The monoisotopic (exact) mass is 307 g/mol. The summed E-state index contributed by atoms with van der Waals surface area (Å²) < 4.78 is 0. The Morgan fingerprint density at radius 2 is 2.19 bits per heavy atom. The Bertz CT molecular complexity index is 711. The van der Waals surface area contributed by atoms with Gasteiger partial charge >= 0.3 is 5.97 Å². The van der Waals surface area contributed by atoms with Crippen LogP contribution in [0.3, 0.4) is 0 Å². The summed E-state index contributed by atoms with van der Waals surface area (Å²) in [5.41, 5.74) is 0.491. The number of anilines is 1. The summed E-state index contributed by atoms with van der Waals surface area (Å²) in [5, 5.41) is 23.9. The smallest absolute Gasteiger partial charge is 0.336 e. The summed E-state index contributed by atoms with van der Waals surface area (Å²) in [7, 11) is 0. The number of nitro benzene ring substituents is 1. The van der Waals surface area contributed by atoms with Gasteiger partial charge in [-0.1, -0.05) is 0 Å². The van der Waals surface area contributed by atoms with Crippen LogP contribution in [0.5, 0.6) is 0 Å². The Morgan fingerprint density at radius 3 is 2.71 bits per heavy atom. The fourth-order valence-electron chi connectivity index (χ4n) is 1.85. The number of hydrogen-bond acceptors (Lipinski definition) is 6. The van der Waals surface area contributed by atoms with Crippen molar-refractivity contribution in [1.29, 1.82) is 0 Å². The van der Waals surface area contributed by atoms with E-state index < -0.39 is 10.9 Å². The molecule has 0 amide bonds. The molecule has 110 valence electrons. The van der Waals surface area contributed by atoms with Crippen molar-refractivity contribution >= 4 is 28.7 Å². The molecule has 0 saturated heterocycles. The lowest BCUT2D eigenvalue weighted by Crippen LogP contribution is -2.06. The van der Waals surface area contributed by atoms with Crippen LogP contribution in [0.4, 0.5) is 11.4 Å². The third-order valence-electron chi connectivity index (χ3n) is 2.92. The largest absolute Gasteiger partial charge is 0.478 e. The maximum atomic E-state index is 11.1. The topological polar surface area (TPSA) is 105 Å². The minimum absolute atomic E-state index is 0.120. The van der Waals surface area contributed by atoms with Crippen LogP contribution in [0, 0.1) is 24.0 Å². The van der Waals surface area contributed by atoms with Gasteiger partial charge < -0.3 is 10.4 Å². The van der Waals surface area contributed by atoms with Crippen molar-refractivity contribution in [2.45, 2.75) is 20.4 Å². The van der Waals surface area contributed by atoms with Gasteiger partial charge in [-0.3, -0.25) is 10.1 Å². The minimum Gasteiger partial charge on any atom is -0.478 e. The summed E-state index contributed by atoms with van der Waals surface area (Å²) in [6, 6.07) is 2.46. The number of nitro groups is 1. The van der Waals surface area contributed by atoms with Crippen LogP contribution < -0.4 is 5.32 Å². The highest BCUT2D eigenvalue weighted by Gasteiger charge is 2.19. The number of rotatable bonds is 5. The molecule has 0 atom stereocenters. The number of aromatic nitrogens is 1. The number of thiazole rings is 1. The van der Waals surface area contributed by atoms with Crippen molar-refractivity contribution in [2.75, 3.05) is 5.32 Å². The third-order valence-corrected chi connectivity index (χ3v) is 3.84. The van der Waals surface area contributed by atoms with Gasteiger partial charge in [-0.15, -0.1) is 11.3 Å². The molecule has 0 bridgehead atoms. The maximum Gasteiger partial charge on any atom is 0.336 e. The lowest BCUT2D eigenvalue weighted by Gasteiger charge is -2.10. The van der Waals surface area contributed by atoms with E-state index in [2.05, 4.69) is 10.3 Å². The summed E-state index contributed by atoms with van der Waals surface area (Å²) in [6.45, 7) is 3.90. The molecular formula is C13H13N3O4S. The molecule has 0 saturated carbocycles. The van der Waals surface area contributed by atoms with E-state index in [-0.39, 0.29) is 11.3 Å². The fourth-order valence-corrected chi connectivity index (χ4v) is 2.58. The molecule has 0 aliphatic carbocycles. The number of hydrogen-bond donors (Lipinski definition) is 2. The predicted octanol–water partition coefficient (Wildman–Crippen LogP) is 2.98. The van der Waals surface area contributed by atoms with E-state index in [9.17, 15) is 14.9 Å². The Balaban J connectivity index is 2.32. The molecule has 0 spiro atoms. The number of aryl methyl sites for hydroxylation is 1. The zero-order valence-electron chi connectivity index (χ0n) is 11.4. The Morgan fingerprint density at radius 1 is 1.48 bits per heavy atom. The number of carbonyl (C=O) groups is 1. The predicted molar refractivity (Wildman–Crippen MR) is 79.0 cm³/mol. The van der Waals surface area contributed by atoms with E-state index in [1.165, 1.54) is 17.4 Å². The van der Waals surface area contributed by atoms with E-state index in [0.29, 0.717) is 17.8 Å². The Hall–Kier alpha value is -2.48. The molecule has 2 rings (SSSR count). The first-order valence-corrected chi connectivity index (χ1v) is 6.87. The molecule has 8 heteroatoms. The SMILES string of the molecule is Cc1cnc(CNc2cc(C(=O)O)cc([N+](=O)[O-])c2C)s1. The molecule has 2 N–H and O–H groups in total. The van der Waals surface area contributed by atoms with Crippen molar-refractivity contribution in [3.63, 3.8) is 0 Å². The van der Waals surface area contributed by atoms with Gasteiger partial charge in [0.1, 0.15) is 5.01 Å². The first kappa shape index (κ1) is 14.9. The van der Waals surface area contributed by atoms with Crippen LogP contribution in [-0.2, 0) is 6.54 Å². The van der Waals surface area contributed by atoms with Gasteiger partial charge in [0.25, 0.3) is 5.69 Å². The minimum atomic E-state index is -1.20. The molecule has 7 nitrogen and oxygen atoms in total. The number of nitrogens with zero attached hydrogens (tertiary/aromatic N) is 2. The standard InChI is InChI=1S/C13H13N3O4S/c1-7-5-15-12(21-7)6-14-10-3-9(13(17)18)4-11(8(10)2)16(19)20/h3-5,14H,6H2,1-2H3,(H,17,18). The molecule has 0 unspecified atom stereocenters. The lowest BCUT2D eigenvalue weighted by atomic mass is 10.1. The van der Waals surface area contributed by atoms with E-state index in [4.69, 9.17) is 5.11 Å². The first-order chi connectivity index (χ1) is 9.88. The molecule has 1 aromatic carbocycles. The van der Waals surface area contributed by atoms with Crippen LogP contribution >= 0.6 is 11.3 Å². The molecule has 21 heavy (non-hydrogen) atoms. The second-order valence-electron chi connectivity index (χ2n) is 4.45. The molecule has 1 aromatic heterocycles. The second-order valence-corrected chi connectivity index (χ2v) is 5.77.